The first kappa shape index (κ1) is 17.3. The van der Waals surface area contributed by atoms with Crippen molar-refractivity contribution in [1.82, 2.24) is 14.9 Å². The van der Waals surface area contributed by atoms with Gasteiger partial charge < -0.3 is 14.6 Å². The van der Waals surface area contributed by atoms with Gasteiger partial charge in [-0.05, 0) is 38.0 Å². The number of hydrogen-bond acceptors (Lipinski definition) is 3. The predicted octanol–water partition coefficient (Wildman–Crippen LogP) is 3.46. The van der Waals surface area contributed by atoms with Crippen molar-refractivity contribution in [2.24, 2.45) is 5.92 Å². The van der Waals surface area contributed by atoms with Crippen LogP contribution in [-0.2, 0) is 23.2 Å². The Balaban J connectivity index is 1.25. The van der Waals surface area contributed by atoms with Crippen LogP contribution in [0.2, 0.25) is 0 Å². The average Bonchev–Trinajstić information content (AvgIpc) is 3.32. The molecule has 2 atom stereocenters. The molecule has 0 radical (unpaired) electrons. The van der Waals surface area contributed by atoms with E-state index in [1.807, 2.05) is 36.4 Å². The number of fused-ring (bicyclic) bond motifs is 3. The van der Waals surface area contributed by atoms with Crippen molar-refractivity contribution in [3.63, 3.8) is 0 Å². The average molecular weight is 375 g/mol. The topological polar surface area (TPSA) is 56.2 Å². The molecule has 1 N–H and O–H groups in total. The third kappa shape index (κ3) is 2.68. The van der Waals surface area contributed by atoms with Gasteiger partial charge in [-0.25, -0.2) is 4.98 Å². The molecule has 0 unspecified atom stereocenters. The van der Waals surface area contributed by atoms with Gasteiger partial charge in [-0.2, -0.15) is 0 Å². The van der Waals surface area contributed by atoms with E-state index in [0.29, 0.717) is 13.2 Å². The molecular weight excluding hydrogens is 350 g/mol. The zero-order valence-corrected chi connectivity index (χ0v) is 16.1. The number of aryl methyl sites for hydroxylation is 1. The molecule has 0 saturated heterocycles. The van der Waals surface area contributed by atoms with Crippen LogP contribution in [0.25, 0.3) is 11.0 Å². The normalized spacial score (nSPS) is 22.7. The lowest BCUT2D eigenvalue weighted by Crippen LogP contribution is -2.32. The van der Waals surface area contributed by atoms with E-state index in [4.69, 9.17) is 9.72 Å². The van der Waals surface area contributed by atoms with Gasteiger partial charge in [0.1, 0.15) is 11.6 Å². The Hall–Kier alpha value is -2.82. The number of ether oxygens (including phenoxy) is 1. The second-order valence-corrected chi connectivity index (χ2v) is 7.81. The second-order valence-electron chi connectivity index (χ2n) is 7.81. The number of hydrogen-bond donors (Lipinski definition) is 1. The van der Waals surface area contributed by atoms with E-state index in [9.17, 15) is 4.79 Å². The van der Waals surface area contributed by atoms with Gasteiger partial charge in [0.25, 0.3) is 0 Å². The quantitative estimate of drug-likeness (QED) is 0.743. The van der Waals surface area contributed by atoms with E-state index < -0.39 is 0 Å². The molecule has 1 aliphatic heterocycles. The standard InChI is InChI=1S/C23H25N3O2/c1-2-26-19-9-5-4-8-18(19)25-21(26)11-13-24-22(27)17-15-23(17)12-14-28-20-10-6-3-7-16(20)23/h3-10,17H,2,11-15H2,1H3,(H,24,27)/t17-,23-/m0/s1. The highest BCUT2D eigenvalue weighted by atomic mass is 16.5. The van der Waals surface area contributed by atoms with Gasteiger partial charge in [-0.1, -0.05) is 30.3 Å². The molecule has 144 valence electrons. The van der Waals surface area contributed by atoms with Crippen LogP contribution in [0.4, 0.5) is 0 Å². The van der Waals surface area contributed by atoms with E-state index in [-0.39, 0.29) is 17.2 Å². The summed E-state index contributed by atoms with van der Waals surface area (Å²) in [5, 5.41) is 3.16. The summed E-state index contributed by atoms with van der Waals surface area (Å²) >= 11 is 0. The highest BCUT2D eigenvalue weighted by molar-refractivity contribution is 5.85. The molecule has 5 nitrogen and oxygen atoms in total. The first-order valence-corrected chi connectivity index (χ1v) is 10.2. The van der Waals surface area contributed by atoms with E-state index in [2.05, 4.69) is 28.9 Å². The lowest BCUT2D eigenvalue weighted by Gasteiger charge is -2.26. The van der Waals surface area contributed by atoms with Crippen LogP contribution in [0, 0.1) is 5.92 Å². The molecular formula is C23H25N3O2. The molecule has 2 aromatic carbocycles. The van der Waals surface area contributed by atoms with Gasteiger partial charge in [0.2, 0.25) is 5.91 Å². The van der Waals surface area contributed by atoms with Crippen LogP contribution in [0.3, 0.4) is 0 Å². The van der Waals surface area contributed by atoms with E-state index in [1.54, 1.807) is 0 Å². The number of carbonyl (C=O) groups is 1. The summed E-state index contributed by atoms with van der Waals surface area (Å²) in [4.78, 5) is 17.6. The molecule has 28 heavy (non-hydrogen) atoms. The van der Waals surface area contributed by atoms with Gasteiger partial charge in [-0.3, -0.25) is 4.79 Å². The molecule has 5 heteroatoms. The maximum Gasteiger partial charge on any atom is 0.224 e. The Morgan fingerprint density at radius 1 is 1.25 bits per heavy atom. The predicted molar refractivity (Wildman–Crippen MR) is 108 cm³/mol. The first-order chi connectivity index (χ1) is 13.7. The van der Waals surface area contributed by atoms with Crippen LogP contribution in [0.15, 0.2) is 48.5 Å². The molecule has 1 amide bonds. The minimum absolute atomic E-state index is 0.0184. The van der Waals surface area contributed by atoms with Gasteiger partial charge in [0.05, 0.1) is 17.6 Å². The third-order valence-electron chi connectivity index (χ3n) is 6.32. The summed E-state index contributed by atoms with van der Waals surface area (Å²) in [5.74, 6) is 2.20. The summed E-state index contributed by atoms with van der Waals surface area (Å²) < 4.78 is 8.01. The monoisotopic (exact) mass is 375 g/mol. The van der Waals surface area contributed by atoms with Crippen LogP contribution < -0.4 is 10.1 Å². The largest absolute Gasteiger partial charge is 0.493 e. The van der Waals surface area contributed by atoms with Gasteiger partial charge in [0.15, 0.2) is 0 Å². The molecule has 2 heterocycles. The number of para-hydroxylation sites is 3. The summed E-state index contributed by atoms with van der Waals surface area (Å²) in [6.45, 7) is 4.33. The fraction of sp³-hybridized carbons (Fsp3) is 0.391. The molecule has 1 aromatic heterocycles. The molecule has 0 bridgehead atoms. The van der Waals surface area contributed by atoms with E-state index >= 15 is 0 Å². The van der Waals surface area contributed by atoms with Crippen molar-refractivity contribution in [1.29, 1.82) is 0 Å². The summed E-state index contributed by atoms with van der Waals surface area (Å²) in [7, 11) is 0. The lowest BCUT2D eigenvalue weighted by molar-refractivity contribution is -0.122. The maximum absolute atomic E-state index is 12.8. The minimum Gasteiger partial charge on any atom is -0.493 e. The van der Waals surface area contributed by atoms with Crippen LogP contribution in [-0.4, -0.2) is 28.6 Å². The third-order valence-corrected chi connectivity index (χ3v) is 6.32. The smallest absolute Gasteiger partial charge is 0.224 e. The fourth-order valence-corrected chi connectivity index (χ4v) is 4.79. The molecule has 2 aliphatic rings. The number of benzene rings is 2. The Kier molecular flexibility index (Phi) is 4.11. The Morgan fingerprint density at radius 3 is 2.96 bits per heavy atom. The van der Waals surface area contributed by atoms with Crippen molar-refractivity contribution in [3.8, 4) is 5.75 Å². The molecule has 5 rings (SSSR count). The number of imidazole rings is 1. The number of carbonyl (C=O) groups excluding carboxylic acids is 1. The highest BCUT2D eigenvalue weighted by Crippen LogP contribution is 2.60. The minimum atomic E-state index is -0.0184. The number of amides is 1. The maximum atomic E-state index is 12.8. The Bertz CT molecular complexity index is 1040. The number of nitrogens with zero attached hydrogens (tertiary/aromatic N) is 2. The number of aromatic nitrogens is 2. The van der Waals surface area contributed by atoms with Gasteiger partial charge >= 0.3 is 0 Å². The molecule has 1 aliphatic carbocycles. The summed E-state index contributed by atoms with van der Waals surface area (Å²) in [6, 6.07) is 16.4. The second kappa shape index (κ2) is 6.66. The SMILES string of the molecule is CCn1c(CCNC(=O)[C@@H]2C[C@]23CCOc2ccccc23)nc2ccccc21. The van der Waals surface area contributed by atoms with Crippen molar-refractivity contribution in [3.05, 3.63) is 59.9 Å². The zero-order valence-electron chi connectivity index (χ0n) is 16.1. The Morgan fingerprint density at radius 2 is 2.07 bits per heavy atom. The van der Waals surface area contributed by atoms with Crippen LogP contribution in [0.1, 0.15) is 31.2 Å². The fourth-order valence-electron chi connectivity index (χ4n) is 4.79. The number of rotatable bonds is 5. The first-order valence-electron chi connectivity index (χ1n) is 10.2. The highest BCUT2D eigenvalue weighted by Gasteiger charge is 2.60. The van der Waals surface area contributed by atoms with Crippen molar-refractivity contribution < 1.29 is 9.53 Å². The molecule has 1 saturated carbocycles. The van der Waals surface area contributed by atoms with Crippen LogP contribution in [0.5, 0.6) is 5.75 Å². The van der Waals surface area contributed by atoms with E-state index in [0.717, 1.165) is 48.4 Å². The van der Waals surface area contributed by atoms with Gasteiger partial charge in [-0.15, -0.1) is 0 Å². The lowest BCUT2D eigenvalue weighted by atomic mass is 9.87. The molecule has 1 spiro atoms. The van der Waals surface area contributed by atoms with Gasteiger partial charge in [0, 0.05) is 36.4 Å². The van der Waals surface area contributed by atoms with Crippen LogP contribution >= 0.6 is 0 Å². The van der Waals surface area contributed by atoms with Crippen molar-refractivity contribution in [2.45, 2.75) is 38.1 Å². The number of nitrogens with one attached hydrogen (secondary N) is 1. The summed E-state index contributed by atoms with van der Waals surface area (Å²) in [5.41, 5.74) is 3.36. The van der Waals surface area contributed by atoms with Crippen molar-refractivity contribution >= 4 is 16.9 Å². The molecule has 1 fully saturated rings. The zero-order chi connectivity index (χ0) is 19.1. The Labute approximate surface area is 164 Å². The summed E-state index contributed by atoms with van der Waals surface area (Å²) in [6.07, 6.45) is 2.59. The van der Waals surface area contributed by atoms with Crippen molar-refractivity contribution in [2.75, 3.05) is 13.2 Å². The van der Waals surface area contributed by atoms with E-state index in [1.165, 1.54) is 5.56 Å². The molecule has 3 aromatic rings.